The second kappa shape index (κ2) is 10.7. The van der Waals surface area contributed by atoms with E-state index in [1.807, 2.05) is 19.9 Å². The maximum Gasteiger partial charge on any atom is 0.540 e. The fraction of sp³-hybridized carbons (Fsp3) is 0.462. The van der Waals surface area contributed by atoms with Gasteiger partial charge in [0.05, 0.1) is 11.3 Å². The minimum atomic E-state index is -3.38. The van der Waals surface area contributed by atoms with Gasteiger partial charge in [0.1, 0.15) is 11.9 Å². The Morgan fingerprint density at radius 3 is 2.29 bits per heavy atom. The monoisotopic (exact) mass is 486 g/mol. The van der Waals surface area contributed by atoms with Gasteiger partial charge in [-0.1, -0.05) is 51.2 Å². The third-order valence-corrected chi connectivity index (χ3v) is 7.68. The molecule has 180 valence electrons. The summed E-state index contributed by atoms with van der Waals surface area (Å²) in [6, 6.07) is 7.84. The summed E-state index contributed by atoms with van der Waals surface area (Å²) in [6.07, 6.45) is 3.78. The zero-order valence-electron chi connectivity index (χ0n) is 19.6. The number of pyridine rings is 1. The standard InChI is InChI=1S/C26H29FNO5P/c1-16(2)24-21(13-14-26(17(3)29,25(30)31)34(32)33)22(18-9-11-20(27)12-10-18)15-23(28-24)19-7-5-4-6-8-19/h9-12,15-17,19,29H,4-8H2,1-3H3,(H-,30,31,32,33)/p+1. The molecular formula is C26H30FNO5P+. The van der Waals surface area contributed by atoms with Crippen molar-refractivity contribution in [2.75, 3.05) is 0 Å². The predicted molar refractivity (Wildman–Crippen MR) is 128 cm³/mol. The molecule has 3 rings (SSSR count). The number of carboxylic acid groups (broad SMARTS) is 1. The first-order valence-corrected chi connectivity index (χ1v) is 12.7. The van der Waals surface area contributed by atoms with Crippen molar-refractivity contribution in [1.82, 2.24) is 4.98 Å². The van der Waals surface area contributed by atoms with E-state index in [0.717, 1.165) is 38.3 Å². The number of halogens is 1. The van der Waals surface area contributed by atoms with Crippen molar-refractivity contribution in [1.29, 1.82) is 0 Å². The minimum Gasteiger partial charge on any atom is -0.477 e. The maximum atomic E-state index is 13.7. The largest absolute Gasteiger partial charge is 0.540 e. The third kappa shape index (κ3) is 5.20. The van der Waals surface area contributed by atoms with Gasteiger partial charge in [0, 0.05) is 17.2 Å². The molecular weight excluding hydrogens is 456 g/mol. The molecule has 0 bridgehead atoms. The van der Waals surface area contributed by atoms with Gasteiger partial charge in [0.15, 0.2) is 0 Å². The highest BCUT2D eigenvalue weighted by Crippen LogP contribution is 2.40. The molecule has 1 saturated carbocycles. The lowest BCUT2D eigenvalue weighted by Crippen LogP contribution is -2.43. The number of rotatable bonds is 6. The Morgan fingerprint density at radius 1 is 1.18 bits per heavy atom. The highest BCUT2D eigenvalue weighted by Gasteiger charge is 2.60. The zero-order valence-corrected chi connectivity index (χ0v) is 20.5. The molecule has 1 aliphatic rings. The van der Waals surface area contributed by atoms with E-state index in [-0.39, 0.29) is 11.8 Å². The molecule has 1 fully saturated rings. The van der Waals surface area contributed by atoms with Crippen LogP contribution in [0.1, 0.15) is 81.7 Å². The molecule has 3 unspecified atom stereocenters. The summed E-state index contributed by atoms with van der Waals surface area (Å²) in [7, 11) is -3.38. The summed E-state index contributed by atoms with van der Waals surface area (Å²) in [6.45, 7) is 5.01. The number of aliphatic carboxylic acids is 1. The van der Waals surface area contributed by atoms with Gasteiger partial charge >= 0.3 is 19.2 Å². The van der Waals surface area contributed by atoms with Crippen LogP contribution in [0.2, 0.25) is 0 Å². The first-order chi connectivity index (χ1) is 16.1. The summed E-state index contributed by atoms with van der Waals surface area (Å²) in [5.41, 5.74) is 3.29. The topological polar surface area (TPSA) is 108 Å². The summed E-state index contributed by atoms with van der Waals surface area (Å²) in [4.78, 5) is 26.6. The molecule has 0 saturated heterocycles. The summed E-state index contributed by atoms with van der Waals surface area (Å²) in [5, 5.41) is 17.2. The van der Waals surface area contributed by atoms with Gasteiger partial charge < -0.3 is 10.2 Å². The zero-order chi connectivity index (χ0) is 25.0. The van der Waals surface area contributed by atoms with Crippen LogP contribution in [-0.2, 0) is 9.36 Å². The van der Waals surface area contributed by atoms with Crippen molar-refractivity contribution >= 4 is 14.0 Å². The van der Waals surface area contributed by atoms with E-state index in [2.05, 4.69) is 11.8 Å². The van der Waals surface area contributed by atoms with Gasteiger partial charge in [0.25, 0.3) is 0 Å². The lowest BCUT2D eigenvalue weighted by Gasteiger charge is -2.24. The molecule has 0 spiro atoms. The number of aliphatic hydroxyl groups is 1. The second-order valence-electron chi connectivity index (χ2n) is 9.12. The fourth-order valence-electron chi connectivity index (χ4n) is 4.38. The van der Waals surface area contributed by atoms with Gasteiger partial charge in [-0.15, -0.1) is 0 Å². The van der Waals surface area contributed by atoms with Crippen LogP contribution in [0.3, 0.4) is 0 Å². The van der Waals surface area contributed by atoms with Crippen LogP contribution in [0, 0.1) is 17.7 Å². The molecule has 0 amide bonds. The van der Waals surface area contributed by atoms with Crippen molar-refractivity contribution in [3.63, 3.8) is 0 Å². The maximum absolute atomic E-state index is 13.7. The fourth-order valence-corrected chi connectivity index (χ4v) is 5.02. The van der Waals surface area contributed by atoms with Crippen LogP contribution in [0.15, 0.2) is 30.3 Å². The van der Waals surface area contributed by atoms with E-state index < -0.39 is 31.1 Å². The van der Waals surface area contributed by atoms with E-state index in [0.29, 0.717) is 22.4 Å². The Labute approximate surface area is 200 Å². The average Bonchev–Trinajstić information content (AvgIpc) is 2.79. The molecule has 1 aliphatic carbocycles. The lowest BCUT2D eigenvalue weighted by molar-refractivity contribution is -0.141. The van der Waals surface area contributed by atoms with Gasteiger partial charge in [-0.25, -0.2) is 9.18 Å². The van der Waals surface area contributed by atoms with Crippen molar-refractivity contribution in [2.45, 2.75) is 76.0 Å². The van der Waals surface area contributed by atoms with Crippen LogP contribution < -0.4 is 0 Å². The minimum absolute atomic E-state index is 0.0827. The number of carbonyl (C=O) groups is 1. The first kappa shape index (κ1) is 26.0. The van der Waals surface area contributed by atoms with Crippen LogP contribution >= 0.6 is 8.03 Å². The summed E-state index contributed by atoms with van der Waals surface area (Å²) in [5.74, 6) is 3.35. The van der Waals surface area contributed by atoms with Crippen molar-refractivity contribution < 1.29 is 28.9 Å². The Hall–Kier alpha value is -2.65. The molecule has 3 atom stereocenters. The van der Waals surface area contributed by atoms with Crippen LogP contribution in [-0.4, -0.2) is 37.3 Å². The number of hydrogen-bond acceptors (Lipinski definition) is 4. The SMILES string of the molecule is CC(C)c1nc(C2CCCCC2)cc(-c2ccc(F)cc2)c1C#CC(C(=O)O)(C(C)O)[P+](=O)O. The van der Waals surface area contributed by atoms with Gasteiger partial charge in [-0.2, -0.15) is 4.89 Å². The number of benzene rings is 1. The van der Waals surface area contributed by atoms with E-state index in [9.17, 15) is 28.9 Å². The Morgan fingerprint density at radius 2 is 1.79 bits per heavy atom. The third-order valence-electron chi connectivity index (χ3n) is 6.40. The smallest absolute Gasteiger partial charge is 0.477 e. The molecule has 0 radical (unpaired) electrons. The van der Waals surface area contributed by atoms with Gasteiger partial charge in [-0.3, -0.25) is 4.98 Å². The normalized spacial score (nSPS) is 17.4. The van der Waals surface area contributed by atoms with Crippen molar-refractivity contribution in [3.05, 3.63) is 53.1 Å². The molecule has 34 heavy (non-hydrogen) atoms. The molecule has 6 nitrogen and oxygen atoms in total. The number of aromatic nitrogens is 1. The molecule has 1 heterocycles. The molecule has 1 aromatic heterocycles. The Bertz CT molecular complexity index is 1110. The van der Waals surface area contributed by atoms with Gasteiger partial charge in [-0.05, 0) is 59.9 Å². The molecule has 2 aromatic rings. The van der Waals surface area contributed by atoms with Gasteiger partial charge in [0.2, 0.25) is 0 Å². The Balaban J connectivity index is 2.31. The average molecular weight is 487 g/mol. The number of hydrogen-bond donors (Lipinski definition) is 3. The number of nitrogens with zero attached hydrogens (tertiary/aromatic N) is 1. The van der Waals surface area contributed by atoms with E-state index in [1.165, 1.54) is 18.6 Å². The molecule has 0 aliphatic heterocycles. The van der Waals surface area contributed by atoms with Crippen LogP contribution in [0.4, 0.5) is 4.39 Å². The van der Waals surface area contributed by atoms with Crippen molar-refractivity contribution in [2.24, 2.45) is 0 Å². The van der Waals surface area contributed by atoms with Crippen LogP contribution in [0.25, 0.3) is 11.1 Å². The summed E-state index contributed by atoms with van der Waals surface area (Å²) < 4.78 is 25.7. The number of aliphatic hydroxyl groups excluding tert-OH is 1. The van der Waals surface area contributed by atoms with E-state index >= 15 is 0 Å². The first-order valence-electron chi connectivity index (χ1n) is 11.5. The van der Waals surface area contributed by atoms with E-state index in [4.69, 9.17) is 4.98 Å². The van der Waals surface area contributed by atoms with Crippen molar-refractivity contribution in [3.8, 4) is 23.0 Å². The molecule has 1 aromatic carbocycles. The highest BCUT2D eigenvalue weighted by molar-refractivity contribution is 7.42. The summed E-state index contributed by atoms with van der Waals surface area (Å²) >= 11 is 0. The highest BCUT2D eigenvalue weighted by atomic mass is 31.1. The Kier molecular flexibility index (Phi) is 8.20. The van der Waals surface area contributed by atoms with E-state index in [1.54, 1.807) is 12.1 Å². The predicted octanol–water partition coefficient (Wildman–Crippen LogP) is 5.35. The molecule has 3 N–H and O–H groups in total. The van der Waals surface area contributed by atoms with Crippen LogP contribution in [0.5, 0.6) is 0 Å². The molecule has 8 heteroatoms. The lowest BCUT2D eigenvalue weighted by atomic mass is 9.84. The quantitative estimate of drug-likeness (QED) is 0.375. The second-order valence-corrected chi connectivity index (χ2v) is 10.4. The number of carboxylic acids is 1.